The van der Waals surface area contributed by atoms with Gasteiger partial charge in [0, 0.05) is 56.1 Å². The monoisotopic (exact) mass is 637 g/mol. The molecular weight excluding hydrogens is 601 g/mol. The number of primary amides is 1. The van der Waals surface area contributed by atoms with Crippen LogP contribution in [0.4, 0.5) is 14.9 Å². The van der Waals surface area contributed by atoms with Crippen molar-refractivity contribution in [1.82, 2.24) is 15.1 Å². The fourth-order valence-electron chi connectivity index (χ4n) is 5.16. The van der Waals surface area contributed by atoms with E-state index in [1.807, 2.05) is 19.1 Å². The van der Waals surface area contributed by atoms with Crippen LogP contribution in [-0.2, 0) is 20.9 Å². The van der Waals surface area contributed by atoms with Crippen molar-refractivity contribution >= 4 is 41.0 Å². The van der Waals surface area contributed by atoms with E-state index in [0.29, 0.717) is 44.3 Å². The number of halogens is 2. The maximum absolute atomic E-state index is 15.5. The van der Waals surface area contributed by atoms with Crippen LogP contribution in [0.3, 0.4) is 0 Å². The van der Waals surface area contributed by atoms with Crippen molar-refractivity contribution in [3.8, 4) is 28.0 Å². The molecule has 1 aliphatic rings. The van der Waals surface area contributed by atoms with Crippen LogP contribution in [0.2, 0.25) is 5.02 Å². The summed E-state index contributed by atoms with van der Waals surface area (Å²) >= 11 is 6.95. The summed E-state index contributed by atoms with van der Waals surface area (Å²) in [7, 11) is 4.33. The lowest BCUT2D eigenvalue weighted by atomic mass is 9.92. The summed E-state index contributed by atoms with van der Waals surface area (Å²) in [6, 6.07) is 13.4. The molecule has 0 aliphatic carbocycles. The summed E-state index contributed by atoms with van der Waals surface area (Å²) < 4.78 is 21.0. The van der Waals surface area contributed by atoms with Gasteiger partial charge in [0.25, 0.3) is 0 Å². The van der Waals surface area contributed by atoms with Gasteiger partial charge < -0.3 is 26.0 Å². The lowest BCUT2D eigenvalue weighted by Crippen LogP contribution is -2.56. The zero-order chi connectivity index (χ0) is 33.2. The fourth-order valence-corrected chi connectivity index (χ4v) is 5.50. The molecule has 3 aromatic rings. The van der Waals surface area contributed by atoms with E-state index in [0.717, 1.165) is 10.5 Å². The second-order valence-corrected chi connectivity index (χ2v) is 12.1. The first kappa shape index (κ1) is 33.4. The van der Waals surface area contributed by atoms with E-state index >= 15 is 4.39 Å². The molecule has 1 fully saturated rings. The SMILES string of the molecule is COc1cc(-c2cccc(-c3cccc(NC(=O)C4CN(C)C(=O)N(C)C4=O)c3C)c2Cl)cc(F)c1CNCC(C)(C)C(N)=O. The molecule has 5 amide bonds. The summed E-state index contributed by atoms with van der Waals surface area (Å²) in [5.74, 6) is -2.81. The number of benzene rings is 3. The Hall–Kier alpha value is -4.48. The van der Waals surface area contributed by atoms with Crippen molar-refractivity contribution in [2.75, 3.05) is 39.6 Å². The third-order valence-electron chi connectivity index (χ3n) is 8.12. The van der Waals surface area contributed by atoms with Crippen LogP contribution in [-0.4, -0.2) is 67.8 Å². The molecule has 12 heteroatoms. The minimum atomic E-state index is -1.05. The summed E-state index contributed by atoms with van der Waals surface area (Å²) in [5, 5.41) is 6.28. The third kappa shape index (κ3) is 6.79. The first-order valence-electron chi connectivity index (χ1n) is 14.3. The highest BCUT2D eigenvalue weighted by Crippen LogP contribution is 2.41. The largest absolute Gasteiger partial charge is 0.496 e. The predicted molar refractivity (Wildman–Crippen MR) is 171 cm³/mol. The second-order valence-electron chi connectivity index (χ2n) is 11.7. The number of amides is 5. The van der Waals surface area contributed by atoms with Crippen LogP contribution in [0.1, 0.15) is 25.0 Å². The standard InChI is InChI=1S/C33H37ClFN5O5/c1-18-20(9-8-12-26(18)38-29(41)24-16-39(4)32(44)40(5)30(24)42)22-11-7-10-21(28(22)34)19-13-25(35)23(27(14-19)45-6)15-37-17-33(2,3)31(36)43/h7-14,24,37H,15-17H2,1-6H3,(H2,36,43)(H,38,41). The van der Waals surface area contributed by atoms with E-state index < -0.39 is 40.9 Å². The van der Waals surface area contributed by atoms with Crippen molar-refractivity contribution in [1.29, 1.82) is 0 Å². The van der Waals surface area contributed by atoms with Gasteiger partial charge in [0.15, 0.2) is 0 Å². The van der Waals surface area contributed by atoms with E-state index in [1.54, 1.807) is 44.2 Å². The van der Waals surface area contributed by atoms with Crippen LogP contribution in [0.15, 0.2) is 48.5 Å². The van der Waals surface area contributed by atoms with Crippen LogP contribution in [0.5, 0.6) is 5.75 Å². The molecule has 10 nitrogen and oxygen atoms in total. The molecule has 1 heterocycles. The number of nitrogens with zero attached hydrogens (tertiary/aromatic N) is 2. The van der Waals surface area contributed by atoms with E-state index in [4.69, 9.17) is 22.1 Å². The van der Waals surface area contributed by atoms with E-state index in [9.17, 15) is 19.2 Å². The van der Waals surface area contributed by atoms with Gasteiger partial charge in [-0.1, -0.05) is 41.9 Å². The summed E-state index contributed by atoms with van der Waals surface area (Å²) in [6.45, 7) is 5.58. The number of rotatable bonds is 10. The number of carbonyl (C=O) groups is 4. The van der Waals surface area contributed by atoms with E-state index in [2.05, 4.69) is 10.6 Å². The maximum atomic E-state index is 15.5. The number of anilines is 1. The van der Waals surface area contributed by atoms with Crippen molar-refractivity contribution < 1.29 is 28.3 Å². The van der Waals surface area contributed by atoms with Gasteiger partial charge in [-0.15, -0.1) is 0 Å². The number of nitrogens with one attached hydrogen (secondary N) is 2. The molecular formula is C33H37ClFN5O5. The highest BCUT2D eigenvalue weighted by Gasteiger charge is 2.39. The predicted octanol–water partition coefficient (Wildman–Crippen LogP) is 4.81. The zero-order valence-electron chi connectivity index (χ0n) is 26.1. The van der Waals surface area contributed by atoms with Crippen molar-refractivity contribution in [3.05, 3.63) is 70.5 Å². The number of urea groups is 1. The molecule has 1 aliphatic heterocycles. The highest BCUT2D eigenvalue weighted by molar-refractivity contribution is 6.36. The smallest absolute Gasteiger partial charge is 0.326 e. The number of methoxy groups -OCH3 is 1. The van der Waals surface area contributed by atoms with Crippen LogP contribution in [0.25, 0.3) is 22.3 Å². The van der Waals surface area contributed by atoms with Gasteiger partial charge in [-0.25, -0.2) is 9.18 Å². The molecule has 0 aromatic heterocycles. The van der Waals surface area contributed by atoms with Crippen LogP contribution < -0.4 is 21.1 Å². The van der Waals surface area contributed by atoms with Crippen molar-refractivity contribution in [2.45, 2.75) is 27.3 Å². The Balaban J connectivity index is 1.62. The van der Waals surface area contributed by atoms with Gasteiger partial charge in [0.1, 0.15) is 17.5 Å². The Bertz CT molecular complexity index is 1680. The third-order valence-corrected chi connectivity index (χ3v) is 8.52. The Morgan fingerprint density at radius 1 is 1.09 bits per heavy atom. The van der Waals surface area contributed by atoms with Gasteiger partial charge in [0.2, 0.25) is 17.7 Å². The quantitative estimate of drug-likeness (QED) is 0.273. The second kappa shape index (κ2) is 13.3. The minimum absolute atomic E-state index is 0.0271. The lowest BCUT2D eigenvalue weighted by molar-refractivity contribution is -0.140. The summed E-state index contributed by atoms with van der Waals surface area (Å²) in [6.07, 6.45) is 0. The fraction of sp³-hybridized carbons (Fsp3) is 0.333. The Labute approximate surface area is 266 Å². The highest BCUT2D eigenvalue weighted by atomic mass is 35.5. The van der Waals surface area contributed by atoms with Gasteiger partial charge in [0.05, 0.1) is 17.5 Å². The van der Waals surface area contributed by atoms with Gasteiger partial charge in [-0.3, -0.25) is 19.3 Å². The number of imide groups is 1. The molecule has 0 bridgehead atoms. The average Bonchev–Trinajstić information content (AvgIpc) is 2.99. The minimum Gasteiger partial charge on any atom is -0.496 e. The average molecular weight is 638 g/mol. The molecule has 45 heavy (non-hydrogen) atoms. The van der Waals surface area contributed by atoms with Crippen LogP contribution >= 0.6 is 11.6 Å². The Kier molecular flexibility index (Phi) is 9.84. The molecule has 1 unspecified atom stereocenters. The first-order chi connectivity index (χ1) is 21.2. The Morgan fingerprint density at radius 3 is 2.40 bits per heavy atom. The van der Waals surface area contributed by atoms with E-state index in [-0.39, 0.29) is 19.6 Å². The van der Waals surface area contributed by atoms with Crippen molar-refractivity contribution in [3.63, 3.8) is 0 Å². The van der Waals surface area contributed by atoms with Gasteiger partial charge >= 0.3 is 6.03 Å². The zero-order valence-corrected chi connectivity index (χ0v) is 26.8. The summed E-state index contributed by atoms with van der Waals surface area (Å²) in [5.41, 5.74) is 8.56. The van der Waals surface area contributed by atoms with Gasteiger partial charge in [-0.2, -0.15) is 0 Å². The number of ether oxygens (including phenoxy) is 1. The lowest BCUT2D eigenvalue weighted by Gasteiger charge is -2.33. The molecule has 1 atom stereocenters. The number of hydrogen-bond acceptors (Lipinski definition) is 6. The molecule has 3 aromatic carbocycles. The van der Waals surface area contributed by atoms with Gasteiger partial charge in [-0.05, 0) is 55.7 Å². The summed E-state index contributed by atoms with van der Waals surface area (Å²) in [4.78, 5) is 51.8. The van der Waals surface area contributed by atoms with E-state index in [1.165, 1.54) is 32.2 Å². The number of hydrogen-bond donors (Lipinski definition) is 3. The molecule has 4 N–H and O–H groups in total. The maximum Gasteiger partial charge on any atom is 0.326 e. The normalized spacial score (nSPS) is 15.3. The van der Waals surface area contributed by atoms with Crippen molar-refractivity contribution in [2.24, 2.45) is 17.1 Å². The molecule has 238 valence electrons. The molecule has 1 saturated heterocycles. The molecule has 0 radical (unpaired) electrons. The Morgan fingerprint density at radius 2 is 1.73 bits per heavy atom. The molecule has 4 rings (SSSR count). The topological polar surface area (TPSA) is 134 Å². The first-order valence-corrected chi connectivity index (χ1v) is 14.6. The number of nitrogens with two attached hydrogens (primary N) is 1. The van der Waals surface area contributed by atoms with Crippen LogP contribution in [0, 0.1) is 24.1 Å². The molecule has 0 spiro atoms. The molecule has 0 saturated carbocycles. The number of carbonyl (C=O) groups excluding carboxylic acids is 4.